The minimum absolute atomic E-state index is 0.104. The minimum atomic E-state index is -0.728. The lowest BCUT2D eigenvalue weighted by Gasteiger charge is -2.15. The van der Waals surface area contributed by atoms with Gasteiger partial charge in [-0.15, -0.1) is 0 Å². The number of halogens is 1. The molecule has 5 heteroatoms. The standard InChI is InChI=1S/C13H16BrNO3/c1-7-3-8(4-10(14)12(7)18-2)11-5-9(6-15-11)13(16)17/h3-4,9,11,15H,5-6H2,1-2H3,(H,16,17). The van der Waals surface area contributed by atoms with Crippen LogP contribution in [-0.4, -0.2) is 24.7 Å². The highest BCUT2D eigenvalue weighted by atomic mass is 79.9. The molecule has 1 aromatic carbocycles. The summed E-state index contributed by atoms with van der Waals surface area (Å²) >= 11 is 3.48. The van der Waals surface area contributed by atoms with Gasteiger partial charge in [0.15, 0.2) is 0 Å². The monoisotopic (exact) mass is 313 g/mol. The molecule has 1 fully saturated rings. The molecule has 1 saturated heterocycles. The van der Waals surface area contributed by atoms with Crippen molar-refractivity contribution in [3.8, 4) is 5.75 Å². The molecule has 1 aromatic rings. The molecule has 1 aliphatic heterocycles. The number of carbonyl (C=O) groups is 1. The molecule has 4 nitrogen and oxygen atoms in total. The molecule has 2 atom stereocenters. The fourth-order valence-electron chi connectivity index (χ4n) is 2.39. The first-order chi connectivity index (χ1) is 8.52. The molecule has 1 aliphatic rings. The second-order valence-corrected chi connectivity index (χ2v) is 5.44. The highest BCUT2D eigenvalue weighted by Crippen LogP contribution is 2.35. The van der Waals surface area contributed by atoms with Crippen molar-refractivity contribution in [3.63, 3.8) is 0 Å². The second kappa shape index (κ2) is 5.28. The van der Waals surface area contributed by atoms with E-state index < -0.39 is 5.97 Å². The zero-order valence-corrected chi connectivity index (χ0v) is 12.0. The first kappa shape index (κ1) is 13.4. The van der Waals surface area contributed by atoms with E-state index in [2.05, 4.69) is 21.2 Å². The van der Waals surface area contributed by atoms with Crippen LogP contribution in [-0.2, 0) is 4.79 Å². The summed E-state index contributed by atoms with van der Waals surface area (Å²) < 4.78 is 6.19. The van der Waals surface area contributed by atoms with Crippen LogP contribution in [0.1, 0.15) is 23.6 Å². The highest BCUT2D eigenvalue weighted by Gasteiger charge is 2.30. The molecule has 0 aromatic heterocycles. The Hall–Kier alpha value is -1.07. The molecule has 2 rings (SSSR count). The molecule has 0 saturated carbocycles. The van der Waals surface area contributed by atoms with E-state index in [4.69, 9.17) is 9.84 Å². The number of ether oxygens (including phenoxy) is 1. The van der Waals surface area contributed by atoms with E-state index >= 15 is 0 Å². The predicted octanol–water partition coefficient (Wildman–Crippen LogP) is 2.50. The van der Waals surface area contributed by atoms with Crippen molar-refractivity contribution in [1.82, 2.24) is 5.32 Å². The molecule has 2 N–H and O–H groups in total. The van der Waals surface area contributed by atoms with Crippen LogP contribution in [0.3, 0.4) is 0 Å². The molecule has 98 valence electrons. The highest BCUT2D eigenvalue weighted by molar-refractivity contribution is 9.10. The Balaban J connectivity index is 2.23. The van der Waals surface area contributed by atoms with Crippen molar-refractivity contribution in [2.45, 2.75) is 19.4 Å². The van der Waals surface area contributed by atoms with Crippen molar-refractivity contribution >= 4 is 21.9 Å². The van der Waals surface area contributed by atoms with Crippen LogP contribution in [0.2, 0.25) is 0 Å². The SMILES string of the molecule is COc1c(C)cc(C2CC(C(=O)O)CN2)cc1Br. The number of methoxy groups -OCH3 is 1. The van der Waals surface area contributed by atoms with E-state index in [1.807, 2.05) is 19.1 Å². The topological polar surface area (TPSA) is 58.6 Å². The van der Waals surface area contributed by atoms with E-state index in [9.17, 15) is 4.79 Å². The van der Waals surface area contributed by atoms with E-state index in [0.29, 0.717) is 13.0 Å². The summed E-state index contributed by atoms with van der Waals surface area (Å²) in [6.07, 6.45) is 0.632. The second-order valence-electron chi connectivity index (χ2n) is 4.58. The maximum absolute atomic E-state index is 10.9. The summed E-state index contributed by atoms with van der Waals surface area (Å²) in [6.45, 7) is 2.51. The normalized spacial score (nSPS) is 23.1. The summed E-state index contributed by atoms with van der Waals surface area (Å²) in [5.74, 6) is -0.197. The summed E-state index contributed by atoms with van der Waals surface area (Å²) in [5.41, 5.74) is 2.14. The maximum Gasteiger partial charge on any atom is 0.307 e. The molecule has 2 unspecified atom stereocenters. The van der Waals surface area contributed by atoms with Crippen LogP contribution in [0.25, 0.3) is 0 Å². The van der Waals surface area contributed by atoms with E-state index in [-0.39, 0.29) is 12.0 Å². The number of rotatable bonds is 3. The van der Waals surface area contributed by atoms with Gasteiger partial charge in [-0.05, 0) is 46.5 Å². The fraction of sp³-hybridized carbons (Fsp3) is 0.462. The van der Waals surface area contributed by atoms with Crippen LogP contribution < -0.4 is 10.1 Å². The van der Waals surface area contributed by atoms with Gasteiger partial charge in [0.05, 0.1) is 17.5 Å². The van der Waals surface area contributed by atoms with E-state index in [1.54, 1.807) is 7.11 Å². The predicted molar refractivity (Wildman–Crippen MR) is 71.9 cm³/mol. The van der Waals surface area contributed by atoms with Gasteiger partial charge >= 0.3 is 5.97 Å². The fourth-order valence-corrected chi connectivity index (χ4v) is 3.13. The molecule has 0 bridgehead atoms. The number of carboxylic acids is 1. The van der Waals surface area contributed by atoms with Crippen molar-refractivity contribution in [2.75, 3.05) is 13.7 Å². The first-order valence-corrected chi connectivity index (χ1v) is 6.62. The van der Waals surface area contributed by atoms with Crippen LogP contribution in [0.5, 0.6) is 5.75 Å². The van der Waals surface area contributed by atoms with Gasteiger partial charge in [-0.25, -0.2) is 0 Å². The lowest BCUT2D eigenvalue weighted by atomic mass is 9.98. The molecular formula is C13H16BrNO3. The van der Waals surface area contributed by atoms with Gasteiger partial charge in [0.1, 0.15) is 5.75 Å². The van der Waals surface area contributed by atoms with Gasteiger partial charge in [-0.3, -0.25) is 4.79 Å². The van der Waals surface area contributed by atoms with Crippen LogP contribution >= 0.6 is 15.9 Å². The van der Waals surface area contributed by atoms with Crippen molar-refractivity contribution in [2.24, 2.45) is 5.92 Å². The average Bonchev–Trinajstić information content (AvgIpc) is 2.77. The first-order valence-electron chi connectivity index (χ1n) is 5.83. The number of aliphatic carboxylic acids is 1. The van der Waals surface area contributed by atoms with Crippen LogP contribution in [0, 0.1) is 12.8 Å². The Kier molecular flexibility index (Phi) is 3.92. The minimum Gasteiger partial charge on any atom is -0.495 e. The number of hydrogen-bond acceptors (Lipinski definition) is 3. The smallest absolute Gasteiger partial charge is 0.307 e. The molecule has 0 aliphatic carbocycles. The Morgan fingerprint density at radius 1 is 1.56 bits per heavy atom. The zero-order chi connectivity index (χ0) is 13.3. The Bertz CT molecular complexity index is 452. The third-order valence-corrected chi connectivity index (χ3v) is 3.93. The van der Waals surface area contributed by atoms with Gasteiger partial charge in [0, 0.05) is 12.6 Å². The third kappa shape index (κ3) is 2.52. The Morgan fingerprint density at radius 2 is 2.28 bits per heavy atom. The summed E-state index contributed by atoms with van der Waals surface area (Å²) in [4.78, 5) is 10.9. The molecule has 0 amide bonds. The van der Waals surface area contributed by atoms with Gasteiger partial charge in [-0.2, -0.15) is 0 Å². The summed E-state index contributed by atoms with van der Waals surface area (Å²) in [6, 6.07) is 4.14. The van der Waals surface area contributed by atoms with Gasteiger partial charge < -0.3 is 15.2 Å². The molecule has 0 radical (unpaired) electrons. The molecule has 0 spiro atoms. The Morgan fingerprint density at radius 3 is 2.78 bits per heavy atom. The number of hydrogen-bond donors (Lipinski definition) is 2. The van der Waals surface area contributed by atoms with Gasteiger partial charge in [0.25, 0.3) is 0 Å². The van der Waals surface area contributed by atoms with Crippen LogP contribution in [0.4, 0.5) is 0 Å². The molecule has 18 heavy (non-hydrogen) atoms. The third-order valence-electron chi connectivity index (χ3n) is 3.34. The van der Waals surface area contributed by atoms with Gasteiger partial charge in [-0.1, -0.05) is 6.07 Å². The lowest BCUT2D eigenvalue weighted by Crippen LogP contribution is -2.17. The largest absolute Gasteiger partial charge is 0.495 e. The lowest BCUT2D eigenvalue weighted by molar-refractivity contribution is -0.141. The number of nitrogens with one attached hydrogen (secondary N) is 1. The van der Waals surface area contributed by atoms with Crippen molar-refractivity contribution < 1.29 is 14.6 Å². The quantitative estimate of drug-likeness (QED) is 0.900. The van der Waals surface area contributed by atoms with Crippen molar-refractivity contribution in [1.29, 1.82) is 0 Å². The van der Waals surface area contributed by atoms with Crippen molar-refractivity contribution in [3.05, 3.63) is 27.7 Å². The van der Waals surface area contributed by atoms with Gasteiger partial charge in [0.2, 0.25) is 0 Å². The number of carboxylic acid groups (broad SMARTS) is 1. The zero-order valence-electron chi connectivity index (χ0n) is 10.4. The molecule has 1 heterocycles. The molecular weight excluding hydrogens is 298 g/mol. The number of aryl methyl sites for hydroxylation is 1. The maximum atomic E-state index is 10.9. The Labute approximate surface area is 114 Å². The van der Waals surface area contributed by atoms with E-state index in [0.717, 1.165) is 21.3 Å². The van der Waals surface area contributed by atoms with Crippen LogP contribution in [0.15, 0.2) is 16.6 Å². The van der Waals surface area contributed by atoms with E-state index in [1.165, 1.54) is 0 Å². The average molecular weight is 314 g/mol. The number of benzene rings is 1. The summed E-state index contributed by atoms with van der Waals surface area (Å²) in [7, 11) is 1.64. The summed E-state index contributed by atoms with van der Waals surface area (Å²) in [5, 5.41) is 12.3.